The second-order valence-electron chi connectivity index (χ2n) is 3.92. The van der Waals surface area contributed by atoms with Crippen LogP contribution in [0.5, 0.6) is 5.75 Å². The Morgan fingerprint density at radius 2 is 2.17 bits per heavy atom. The maximum absolute atomic E-state index is 11.9. The summed E-state index contributed by atoms with van der Waals surface area (Å²) in [4.78, 5) is 25.1. The van der Waals surface area contributed by atoms with Gasteiger partial charge in [-0.05, 0) is 36.8 Å². The number of hydrogen-bond acceptors (Lipinski definition) is 3. The first-order chi connectivity index (χ1) is 8.60. The molecule has 2 rings (SSSR count). The topological polar surface area (TPSA) is 82.2 Å². The van der Waals surface area contributed by atoms with Gasteiger partial charge in [0.15, 0.2) is 6.29 Å². The number of phenols is 1. The molecule has 1 heterocycles. The molecule has 1 amide bonds. The fraction of sp³-hybridized carbons (Fsp3) is 0.0769. The summed E-state index contributed by atoms with van der Waals surface area (Å²) in [5.74, 6) is -0.189. The van der Waals surface area contributed by atoms with Crippen LogP contribution in [-0.4, -0.2) is 22.3 Å². The van der Waals surface area contributed by atoms with E-state index in [0.717, 1.165) is 5.56 Å². The molecule has 5 nitrogen and oxygen atoms in total. The zero-order chi connectivity index (χ0) is 13.1. The van der Waals surface area contributed by atoms with Gasteiger partial charge in [-0.1, -0.05) is 0 Å². The molecule has 0 unspecified atom stereocenters. The summed E-state index contributed by atoms with van der Waals surface area (Å²) in [6.45, 7) is 1.78. The van der Waals surface area contributed by atoms with Gasteiger partial charge < -0.3 is 15.4 Å². The van der Waals surface area contributed by atoms with E-state index in [1.165, 1.54) is 18.3 Å². The summed E-state index contributed by atoms with van der Waals surface area (Å²) in [6, 6.07) is 6.14. The lowest BCUT2D eigenvalue weighted by Crippen LogP contribution is -2.12. The molecule has 0 aliphatic heterocycles. The Labute approximate surface area is 103 Å². The van der Waals surface area contributed by atoms with Crippen molar-refractivity contribution in [1.82, 2.24) is 4.98 Å². The summed E-state index contributed by atoms with van der Waals surface area (Å²) in [6.07, 6.45) is 2.13. The lowest BCUT2D eigenvalue weighted by atomic mass is 10.2. The van der Waals surface area contributed by atoms with Gasteiger partial charge in [-0.15, -0.1) is 0 Å². The minimum Gasteiger partial charge on any atom is -0.508 e. The predicted molar refractivity (Wildman–Crippen MR) is 67.0 cm³/mol. The lowest BCUT2D eigenvalue weighted by Gasteiger charge is -2.07. The third kappa shape index (κ3) is 2.40. The van der Waals surface area contributed by atoms with Crippen LogP contribution in [0.15, 0.2) is 30.5 Å². The molecule has 0 radical (unpaired) electrons. The number of H-pyrrole nitrogens is 1. The van der Waals surface area contributed by atoms with Crippen molar-refractivity contribution in [2.45, 2.75) is 6.92 Å². The van der Waals surface area contributed by atoms with Crippen molar-refractivity contribution in [2.75, 3.05) is 5.32 Å². The number of benzene rings is 1. The van der Waals surface area contributed by atoms with Crippen LogP contribution in [-0.2, 0) is 0 Å². The fourth-order valence-corrected chi connectivity index (χ4v) is 1.59. The minimum absolute atomic E-state index is 0.147. The average molecular weight is 244 g/mol. The van der Waals surface area contributed by atoms with E-state index in [1.807, 2.05) is 0 Å². The van der Waals surface area contributed by atoms with Crippen LogP contribution in [0.2, 0.25) is 0 Å². The summed E-state index contributed by atoms with van der Waals surface area (Å²) >= 11 is 0. The Bertz CT molecular complexity index is 602. The van der Waals surface area contributed by atoms with E-state index in [2.05, 4.69) is 10.3 Å². The molecular weight excluding hydrogens is 232 g/mol. The van der Waals surface area contributed by atoms with Crippen LogP contribution < -0.4 is 5.32 Å². The highest BCUT2D eigenvalue weighted by molar-refractivity contribution is 6.04. The summed E-state index contributed by atoms with van der Waals surface area (Å²) < 4.78 is 0. The number of amides is 1. The van der Waals surface area contributed by atoms with Crippen molar-refractivity contribution in [2.24, 2.45) is 0 Å². The molecule has 0 fully saturated rings. The summed E-state index contributed by atoms with van der Waals surface area (Å²) in [7, 11) is 0. The number of hydrogen-bond donors (Lipinski definition) is 3. The molecule has 5 heteroatoms. The highest BCUT2D eigenvalue weighted by Gasteiger charge is 2.10. The van der Waals surface area contributed by atoms with Crippen LogP contribution in [0, 0.1) is 6.92 Å². The zero-order valence-electron chi connectivity index (χ0n) is 9.73. The standard InChI is InChI=1S/C13H12N2O3/c1-8-4-10(17)2-3-11(8)15-13(18)12-5-9(7-16)6-14-12/h2-7,14,17H,1H3,(H,15,18). The number of carbonyl (C=O) groups excluding carboxylic acids is 2. The van der Waals surface area contributed by atoms with Crippen LogP contribution in [0.25, 0.3) is 0 Å². The molecule has 1 aromatic carbocycles. The van der Waals surface area contributed by atoms with Crippen LogP contribution in [0.4, 0.5) is 5.69 Å². The Morgan fingerprint density at radius 3 is 2.78 bits per heavy atom. The Morgan fingerprint density at radius 1 is 1.39 bits per heavy atom. The molecule has 0 atom stereocenters. The van der Waals surface area contributed by atoms with E-state index < -0.39 is 0 Å². The van der Waals surface area contributed by atoms with Gasteiger partial charge in [0.1, 0.15) is 11.4 Å². The number of nitrogens with one attached hydrogen (secondary N) is 2. The van der Waals surface area contributed by atoms with Gasteiger partial charge >= 0.3 is 0 Å². The summed E-state index contributed by atoms with van der Waals surface area (Å²) in [5.41, 5.74) is 2.10. The van der Waals surface area contributed by atoms with Crippen molar-refractivity contribution in [3.63, 3.8) is 0 Å². The Balaban J connectivity index is 2.18. The average Bonchev–Trinajstić information content (AvgIpc) is 2.81. The molecule has 0 saturated carbocycles. The molecule has 0 spiro atoms. The highest BCUT2D eigenvalue weighted by atomic mass is 16.3. The Kier molecular flexibility index (Phi) is 3.14. The number of aromatic hydroxyl groups is 1. The maximum atomic E-state index is 11.9. The fourth-order valence-electron chi connectivity index (χ4n) is 1.59. The first-order valence-corrected chi connectivity index (χ1v) is 5.34. The van der Waals surface area contributed by atoms with Crippen molar-refractivity contribution >= 4 is 17.9 Å². The van der Waals surface area contributed by atoms with E-state index in [0.29, 0.717) is 23.2 Å². The van der Waals surface area contributed by atoms with Gasteiger partial charge in [0, 0.05) is 17.4 Å². The van der Waals surface area contributed by atoms with Gasteiger partial charge in [-0.2, -0.15) is 0 Å². The third-order valence-electron chi connectivity index (χ3n) is 2.54. The summed E-state index contributed by atoms with van der Waals surface area (Å²) in [5, 5.41) is 12.0. The number of rotatable bonds is 3. The molecule has 0 aliphatic carbocycles. The third-order valence-corrected chi connectivity index (χ3v) is 2.54. The van der Waals surface area contributed by atoms with Gasteiger partial charge in [-0.3, -0.25) is 9.59 Å². The molecule has 3 N–H and O–H groups in total. The lowest BCUT2D eigenvalue weighted by molar-refractivity contribution is 0.102. The normalized spacial score (nSPS) is 10.1. The second kappa shape index (κ2) is 4.75. The smallest absolute Gasteiger partial charge is 0.272 e. The number of carbonyl (C=O) groups is 2. The zero-order valence-corrected chi connectivity index (χ0v) is 9.73. The van der Waals surface area contributed by atoms with Gasteiger partial charge in [0.2, 0.25) is 0 Å². The molecule has 0 saturated heterocycles. The van der Waals surface area contributed by atoms with Crippen LogP contribution in [0.1, 0.15) is 26.4 Å². The number of anilines is 1. The molecule has 18 heavy (non-hydrogen) atoms. The second-order valence-corrected chi connectivity index (χ2v) is 3.92. The maximum Gasteiger partial charge on any atom is 0.272 e. The van der Waals surface area contributed by atoms with Crippen molar-refractivity contribution in [3.05, 3.63) is 47.3 Å². The minimum atomic E-state index is -0.336. The molecular formula is C13H12N2O3. The molecule has 2 aromatic rings. The van der Waals surface area contributed by atoms with Crippen LogP contribution in [0.3, 0.4) is 0 Å². The molecule has 0 bridgehead atoms. The van der Waals surface area contributed by atoms with Crippen LogP contribution >= 0.6 is 0 Å². The number of aldehydes is 1. The van der Waals surface area contributed by atoms with E-state index in [4.69, 9.17) is 0 Å². The highest BCUT2D eigenvalue weighted by Crippen LogP contribution is 2.20. The Hall–Kier alpha value is -2.56. The van der Waals surface area contributed by atoms with E-state index in [-0.39, 0.29) is 11.7 Å². The van der Waals surface area contributed by atoms with Crippen molar-refractivity contribution in [1.29, 1.82) is 0 Å². The van der Waals surface area contributed by atoms with E-state index in [9.17, 15) is 14.7 Å². The number of aryl methyl sites for hydroxylation is 1. The van der Waals surface area contributed by atoms with E-state index >= 15 is 0 Å². The van der Waals surface area contributed by atoms with Crippen molar-refractivity contribution < 1.29 is 14.7 Å². The predicted octanol–water partition coefficient (Wildman–Crippen LogP) is 2.09. The quantitative estimate of drug-likeness (QED) is 0.571. The number of phenolic OH excluding ortho intramolecular Hbond substituents is 1. The van der Waals surface area contributed by atoms with Gasteiger partial charge in [-0.25, -0.2) is 0 Å². The monoisotopic (exact) mass is 244 g/mol. The first kappa shape index (κ1) is 11.9. The first-order valence-electron chi connectivity index (χ1n) is 5.34. The van der Waals surface area contributed by atoms with Crippen molar-refractivity contribution in [3.8, 4) is 5.75 Å². The molecule has 1 aromatic heterocycles. The largest absolute Gasteiger partial charge is 0.508 e. The van der Waals surface area contributed by atoms with E-state index in [1.54, 1.807) is 19.1 Å². The molecule has 0 aliphatic rings. The van der Waals surface area contributed by atoms with Gasteiger partial charge in [0.25, 0.3) is 5.91 Å². The molecule has 92 valence electrons. The number of aromatic amines is 1. The van der Waals surface area contributed by atoms with Gasteiger partial charge in [0.05, 0.1) is 0 Å². The number of aromatic nitrogens is 1. The SMILES string of the molecule is Cc1cc(O)ccc1NC(=O)c1cc(C=O)c[nH]1.